The Morgan fingerprint density at radius 3 is 2.56 bits per heavy atom. The second-order valence-electron chi connectivity index (χ2n) is 2.30. The van der Waals surface area contributed by atoms with Crippen LogP contribution in [0.5, 0.6) is 0 Å². The first-order valence-corrected chi connectivity index (χ1v) is 4.90. The molecule has 1 heterocycles. The lowest BCUT2D eigenvalue weighted by atomic mass is 10.6. The van der Waals surface area contributed by atoms with Crippen molar-refractivity contribution in [3.8, 4) is 0 Å². The summed E-state index contributed by atoms with van der Waals surface area (Å²) >= 11 is 0. The average molecular weight is 149 g/mol. The largest absolute Gasteiger partial charge is 0.310 e. The number of hydrogen-bond donors (Lipinski definition) is 1. The molecule has 1 atom stereocenters. The predicted octanol–water partition coefficient (Wildman–Crippen LogP) is -0.607. The molecule has 3 nitrogen and oxygen atoms in total. The number of hydrogen-bond acceptors (Lipinski definition) is 3. The molecule has 0 aliphatic carbocycles. The Bertz CT molecular complexity index is 181. The Hall–Kier alpha value is -0.0900. The standard InChI is InChI=1S/C5H11NO2S/c1-2-9(7,8)4-5-3-6-5/h5-6H,2-4H2,1H3/t5-/m1/s1. The third-order valence-corrected chi connectivity index (χ3v) is 3.18. The molecule has 0 aromatic rings. The molecule has 1 saturated heterocycles. The van der Waals surface area contributed by atoms with Crippen LogP contribution in [0.2, 0.25) is 0 Å². The molecule has 0 aromatic heterocycles. The Labute approximate surface area is 55.4 Å². The van der Waals surface area contributed by atoms with E-state index in [2.05, 4.69) is 5.32 Å². The van der Waals surface area contributed by atoms with Gasteiger partial charge in [0.25, 0.3) is 0 Å². The highest BCUT2D eigenvalue weighted by atomic mass is 32.2. The van der Waals surface area contributed by atoms with Gasteiger partial charge in [0.15, 0.2) is 9.84 Å². The van der Waals surface area contributed by atoms with Gasteiger partial charge in [-0.3, -0.25) is 0 Å². The molecule has 0 amide bonds. The van der Waals surface area contributed by atoms with E-state index in [-0.39, 0.29) is 11.8 Å². The summed E-state index contributed by atoms with van der Waals surface area (Å²) in [5, 5.41) is 2.95. The lowest BCUT2D eigenvalue weighted by Gasteiger charge is -1.94. The van der Waals surface area contributed by atoms with Crippen molar-refractivity contribution in [1.29, 1.82) is 0 Å². The monoisotopic (exact) mass is 149 g/mol. The maximum absolute atomic E-state index is 10.8. The van der Waals surface area contributed by atoms with Crippen LogP contribution in [-0.4, -0.2) is 32.5 Å². The van der Waals surface area contributed by atoms with Gasteiger partial charge in [-0.2, -0.15) is 0 Å². The molecule has 54 valence electrons. The van der Waals surface area contributed by atoms with Crippen molar-refractivity contribution in [3.05, 3.63) is 0 Å². The third kappa shape index (κ3) is 2.32. The second kappa shape index (κ2) is 2.27. The van der Waals surface area contributed by atoms with Crippen molar-refractivity contribution >= 4 is 9.84 Å². The third-order valence-electron chi connectivity index (χ3n) is 1.39. The number of sulfone groups is 1. The van der Waals surface area contributed by atoms with Crippen molar-refractivity contribution in [2.24, 2.45) is 0 Å². The summed E-state index contributed by atoms with van der Waals surface area (Å²) in [5.74, 6) is 0.592. The van der Waals surface area contributed by atoms with Crippen LogP contribution < -0.4 is 5.32 Å². The summed E-state index contributed by atoms with van der Waals surface area (Å²) in [7, 11) is -2.72. The van der Waals surface area contributed by atoms with Gasteiger partial charge in [-0.05, 0) is 0 Å². The lowest BCUT2D eigenvalue weighted by molar-refractivity contribution is 0.596. The first-order valence-electron chi connectivity index (χ1n) is 3.08. The summed E-state index contributed by atoms with van der Waals surface area (Å²) in [6.45, 7) is 2.55. The highest BCUT2D eigenvalue weighted by Gasteiger charge is 2.25. The van der Waals surface area contributed by atoms with Gasteiger partial charge < -0.3 is 5.32 Å². The Morgan fingerprint density at radius 2 is 2.22 bits per heavy atom. The SMILES string of the molecule is CCS(=O)(=O)C[C@H]1CN1. The van der Waals surface area contributed by atoms with Crippen LogP contribution in [-0.2, 0) is 9.84 Å². The lowest BCUT2D eigenvalue weighted by Crippen LogP contribution is -2.14. The van der Waals surface area contributed by atoms with Gasteiger partial charge in [-0.15, -0.1) is 0 Å². The summed E-state index contributed by atoms with van der Waals surface area (Å²) in [6, 6.07) is 0.259. The van der Waals surface area contributed by atoms with Gasteiger partial charge in [0.1, 0.15) is 0 Å². The zero-order valence-electron chi connectivity index (χ0n) is 5.42. The van der Waals surface area contributed by atoms with E-state index in [0.717, 1.165) is 6.54 Å². The summed E-state index contributed by atoms with van der Waals surface area (Å²) in [5.41, 5.74) is 0. The zero-order valence-corrected chi connectivity index (χ0v) is 6.24. The number of nitrogens with one attached hydrogen (secondary N) is 1. The van der Waals surface area contributed by atoms with E-state index in [1.54, 1.807) is 6.92 Å². The van der Waals surface area contributed by atoms with Crippen LogP contribution >= 0.6 is 0 Å². The molecule has 1 N–H and O–H groups in total. The highest BCUT2D eigenvalue weighted by Crippen LogP contribution is 2.01. The molecule has 9 heavy (non-hydrogen) atoms. The summed E-state index contributed by atoms with van der Waals surface area (Å²) in [6.07, 6.45) is 0. The van der Waals surface area contributed by atoms with Crippen LogP contribution in [0.15, 0.2) is 0 Å². The quantitative estimate of drug-likeness (QED) is 0.545. The highest BCUT2D eigenvalue weighted by molar-refractivity contribution is 7.91. The molecular weight excluding hydrogens is 138 g/mol. The van der Waals surface area contributed by atoms with Crippen LogP contribution in [0.25, 0.3) is 0 Å². The first-order chi connectivity index (χ1) is 4.14. The van der Waals surface area contributed by atoms with Gasteiger partial charge in [0, 0.05) is 18.3 Å². The Balaban J connectivity index is 2.40. The maximum atomic E-state index is 10.8. The van der Waals surface area contributed by atoms with Gasteiger partial charge in [-0.1, -0.05) is 6.92 Å². The molecule has 4 heteroatoms. The topological polar surface area (TPSA) is 56.1 Å². The maximum Gasteiger partial charge on any atom is 0.151 e. The molecule has 1 fully saturated rings. The average Bonchev–Trinajstić information content (AvgIpc) is 2.50. The Kier molecular flexibility index (Phi) is 1.77. The minimum Gasteiger partial charge on any atom is -0.310 e. The fourth-order valence-corrected chi connectivity index (χ4v) is 1.71. The summed E-state index contributed by atoms with van der Waals surface area (Å²) in [4.78, 5) is 0. The number of rotatable bonds is 3. The van der Waals surface area contributed by atoms with Crippen molar-refractivity contribution in [1.82, 2.24) is 5.32 Å². The van der Waals surface area contributed by atoms with E-state index < -0.39 is 9.84 Å². The van der Waals surface area contributed by atoms with Crippen molar-refractivity contribution < 1.29 is 8.42 Å². The van der Waals surface area contributed by atoms with Gasteiger partial charge in [0.2, 0.25) is 0 Å². The molecule has 0 aromatic carbocycles. The fraction of sp³-hybridized carbons (Fsp3) is 1.00. The molecule has 0 radical (unpaired) electrons. The molecule has 1 aliphatic heterocycles. The molecular formula is C5H11NO2S. The molecule has 0 spiro atoms. The second-order valence-corrected chi connectivity index (χ2v) is 4.70. The van der Waals surface area contributed by atoms with Gasteiger partial charge in [-0.25, -0.2) is 8.42 Å². The van der Waals surface area contributed by atoms with E-state index in [4.69, 9.17) is 0 Å². The van der Waals surface area contributed by atoms with E-state index in [1.165, 1.54) is 0 Å². The van der Waals surface area contributed by atoms with E-state index in [0.29, 0.717) is 5.75 Å². The predicted molar refractivity (Wildman–Crippen MR) is 36.1 cm³/mol. The van der Waals surface area contributed by atoms with Gasteiger partial charge >= 0.3 is 0 Å². The van der Waals surface area contributed by atoms with Crippen molar-refractivity contribution in [2.75, 3.05) is 18.1 Å². The first kappa shape index (κ1) is 7.02. The van der Waals surface area contributed by atoms with Crippen LogP contribution in [0.4, 0.5) is 0 Å². The van der Waals surface area contributed by atoms with Crippen LogP contribution in [0, 0.1) is 0 Å². The van der Waals surface area contributed by atoms with Gasteiger partial charge in [0.05, 0.1) is 5.75 Å². The molecule has 0 bridgehead atoms. The van der Waals surface area contributed by atoms with E-state index in [1.807, 2.05) is 0 Å². The minimum absolute atomic E-state index is 0.259. The smallest absolute Gasteiger partial charge is 0.151 e. The normalized spacial score (nSPS) is 26.1. The molecule has 0 saturated carbocycles. The van der Waals surface area contributed by atoms with Crippen LogP contribution in [0.1, 0.15) is 6.92 Å². The molecule has 1 aliphatic rings. The van der Waals surface area contributed by atoms with Crippen LogP contribution in [0.3, 0.4) is 0 Å². The van der Waals surface area contributed by atoms with E-state index >= 15 is 0 Å². The molecule has 1 rings (SSSR count). The van der Waals surface area contributed by atoms with E-state index in [9.17, 15) is 8.42 Å². The summed E-state index contributed by atoms with van der Waals surface area (Å²) < 4.78 is 21.6. The fourth-order valence-electron chi connectivity index (χ4n) is 0.626. The van der Waals surface area contributed by atoms with Crippen molar-refractivity contribution in [2.45, 2.75) is 13.0 Å². The molecule has 0 unspecified atom stereocenters. The Morgan fingerprint density at radius 1 is 1.67 bits per heavy atom. The zero-order chi connectivity index (χ0) is 6.91. The van der Waals surface area contributed by atoms with Crippen molar-refractivity contribution in [3.63, 3.8) is 0 Å². The minimum atomic E-state index is -2.72.